The average Bonchev–Trinajstić information content (AvgIpc) is 2.28. The maximum Gasteiger partial charge on any atom is 0.256 e. The molecule has 1 unspecified atom stereocenters. The summed E-state index contributed by atoms with van der Waals surface area (Å²) < 4.78 is 0. The number of aliphatic hydroxyl groups is 2. The zero-order chi connectivity index (χ0) is 11.7. The molecule has 2 rings (SSSR count). The van der Waals surface area contributed by atoms with Crippen molar-refractivity contribution in [1.82, 2.24) is 4.98 Å². The Bertz CT molecular complexity index is 572. The third-order valence-electron chi connectivity index (χ3n) is 2.56. The molecule has 0 aliphatic heterocycles. The number of aliphatic hydroxyl groups excluding tert-OH is 2. The lowest BCUT2D eigenvalue weighted by Gasteiger charge is -2.06. The van der Waals surface area contributed by atoms with Gasteiger partial charge in [0.2, 0.25) is 0 Å². The van der Waals surface area contributed by atoms with Crippen LogP contribution >= 0.6 is 0 Å². The standard InChI is InChI=1S/C12H13NO3/c1-7(15)11-5-9-4-8(6-14)2-3-10(9)12(16)13-11/h2-5,7,14-15H,6H2,1H3,(H,13,16). The van der Waals surface area contributed by atoms with Crippen molar-refractivity contribution in [3.63, 3.8) is 0 Å². The van der Waals surface area contributed by atoms with Crippen molar-refractivity contribution in [3.05, 3.63) is 45.9 Å². The van der Waals surface area contributed by atoms with Gasteiger partial charge in [-0.1, -0.05) is 6.07 Å². The number of hydrogen-bond donors (Lipinski definition) is 3. The predicted molar refractivity (Wildman–Crippen MR) is 61.1 cm³/mol. The normalized spacial score (nSPS) is 12.9. The van der Waals surface area contributed by atoms with Gasteiger partial charge in [0.25, 0.3) is 5.56 Å². The molecule has 0 spiro atoms. The SMILES string of the molecule is CC(O)c1cc2cc(CO)ccc2c(=O)[nH]1. The molecular weight excluding hydrogens is 206 g/mol. The molecule has 1 atom stereocenters. The Kier molecular flexibility index (Phi) is 2.77. The number of nitrogens with one attached hydrogen (secondary N) is 1. The van der Waals surface area contributed by atoms with E-state index in [4.69, 9.17) is 5.11 Å². The van der Waals surface area contributed by atoms with Crippen LogP contribution in [-0.2, 0) is 6.61 Å². The van der Waals surface area contributed by atoms with Gasteiger partial charge in [-0.15, -0.1) is 0 Å². The molecule has 0 fully saturated rings. The van der Waals surface area contributed by atoms with E-state index in [-0.39, 0.29) is 12.2 Å². The minimum Gasteiger partial charge on any atom is -0.392 e. The Labute approximate surface area is 92.2 Å². The lowest BCUT2D eigenvalue weighted by Crippen LogP contribution is -2.11. The monoisotopic (exact) mass is 219 g/mol. The van der Waals surface area contributed by atoms with E-state index in [0.29, 0.717) is 11.1 Å². The molecule has 4 nitrogen and oxygen atoms in total. The van der Waals surface area contributed by atoms with Crippen LogP contribution in [0.5, 0.6) is 0 Å². The van der Waals surface area contributed by atoms with Crippen LogP contribution in [0.1, 0.15) is 24.3 Å². The van der Waals surface area contributed by atoms with Gasteiger partial charge in [0.15, 0.2) is 0 Å². The van der Waals surface area contributed by atoms with Crippen LogP contribution in [0.4, 0.5) is 0 Å². The molecule has 84 valence electrons. The maximum absolute atomic E-state index is 11.7. The lowest BCUT2D eigenvalue weighted by molar-refractivity contribution is 0.194. The van der Waals surface area contributed by atoms with Gasteiger partial charge in [-0.05, 0) is 36.1 Å². The summed E-state index contributed by atoms with van der Waals surface area (Å²) in [6.07, 6.45) is -0.713. The van der Waals surface area contributed by atoms with Crippen molar-refractivity contribution >= 4 is 10.8 Å². The fourth-order valence-electron chi connectivity index (χ4n) is 1.66. The van der Waals surface area contributed by atoms with E-state index in [1.165, 1.54) is 0 Å². The summed E-state index contributed by atoms with van der Waals surface area (Å²) in [6.45, 7) is 1.53. The molecule has 2 aromatic rings. The van der Waals surface area contributed by atoms with E-state index < -0.39 is 6.10 Å². The number of aromatic amines is 1. The Balaban J connectivity index is 2.73. The summed E-state index contributed by atoms with van der Waals surface area (Å²) in [4.78, 5) is 14.3. The quantitative estimate of drug-likeness (QED) is 0.707. The average molecular weight is 219 g/mol. The lowest BCUT2D eigenvalue weighted by atomic mass is 10.1. The topological polar surface area (TPSA) is 73.3 Å². The second-order valence-corrected chi connectivity index (χ2v) is 3.81. The molecule has 3 N–H and O–H groups in total. The molecule has 0 bridgehead atoms. The Morgan fingerprint density at radius 2 is 2.12 bits per heavy atom. The molecule has 1 aromatic carbocycles. The number of pyridine rings is 1. The summed E-state index contributed by atoms with van der Waals surface area (Å²) in [6, 6.07) is 6.85. The van der Waals surface area contributed by atoms with Crippen LogP contribution in [0.15, 0.2) is 29.1 Å². The maximum atomic E-state index is 11.7. The summed E-state index contributed by atoms with van der Waals surface area (Å²) in [5.41, 5.74) is 1.00. The molecule has 0 amide bonds. The Morgan fingerprint density at radius 1 is 1.38 bits per heavy atom. The van der Waals surface area contributed by atoms with Crippen LogP contribution in [0.3, 0.4) is 0 Å². The fraction of sp³-hybridized carbons (Fsp3) is 0.250. The highest BCUT2D eigenvalue weighted by atomic mass is 16.3. The highest BCUT2D eigenvalue weighted by Gasteiger charge is 2.06. The van der Waals surface area contributed by atoms with Crippen LogP contribution in [-0.4, -0.2) is 15.2 Å². The minimum atomic E-state index is -0.713. The summed E-state index contributed by atoms with van der Waals surface area (Å²) in [5.74, 6) is 0. The van der Waals surface area contributed by atoms with E-state index in [1.54, 1.807) is 31.2 Å². The van der Waals surface area contributed by atoms with E-state index >= 15 is 0 Å². The highest BCUT2D eigenvalue weighted by Crippen LogP contribution is 2.16. The van der Waals surface area contributed by atoms with Gasteiger partial charge < -0.3 is 15.2 Å². The van der Waals surface area contributed by atoms with Gasteiger partial charge in [0.05, 0.1) is 12.7 Å². The van der Waals surface area contributed by atoms with Crippen molar-refractivity contribution < 1.29 is 10.2 Å². The molecule has 1 aromatic heterocycles. The largest absolute Gasteiger partial charge is 0.392 e. The van der Waals surface area contributed by atoms with Crippen LogP contribution < -0.4 is 5.56 Å². The molecular formula is C12H13NO3. The first-order valence-electron chi connectivity index (χ1n) is 5.06. The third kappa shape index (κ3) is 1.85. The van der Waals surface area contributed by atoms with E-state index in [0.717, 1.165) is 10.9 Å². The molecule has 0 saturated heterocycles. The molecule has 4 heteroatoms. The van der Waals surface area contributed by atoms with Crippen molar-refractivity contribution in [1.29, 1.82) is 0 Å². The van der Waals surface area contributed by atoms with Gasteiger partial charge in [-0.3, -0.25) is 4.79 Å². The number of aromatic nitrogens is 1. The highest BCUT2D eigenvalue weighted by molar-refractivity contribution is 5.82. The van der Waals surface area contributed by atoms with Gasteiger partial charge in [0.1, 0.15) is 0 Å². The van der Waals surface area contributed by atoms with Gasteiger partial charge in [0, 0.05) is 11.1 Å². The van der Waals surface area contributed by atoms with Crippen molar-refractivity contribution in [2.45, 2.75) is 19.6 Å². The van der Waals surface area contributed by atoms with Gasteiger partial charge in [-0.25, -0.2) is 0 Å². The van der Waals surface area contributed by atoms with Crippen molar-refractivity contribution in [3.8, 4) is 0 Å². The smallest absolute Gasteiger partial charge is 0.256 e. The molecule has 0 aliphatic rings. The number of rotatable bonds is 2. The van der Waals surface area contributed by atoms with Crippen LogP contribution in [0.25, 0.3) is 10.8 Å². The molecule has 1 heterocycles. The first kappa shape index (κ1) is 10.9. The summed E-state index contributed by atoms with van der Waals surface area (Å²) >= 11 is 0. The predicted octanol–water partition coefficient (Wildman–Crippen LogP) is 1.07. The van der Waals surface area contributed by atoms with E-state index in [1.807, 2.05) is 0 Å². The number of benzene rings is 1. The first-order valence-corrected chi connectivity index (χ1v) is 5.06. The second-order valence-electron chi connectivity index (χ2n) is 3.81. The third-order valence-corrected chi connectivity index (χ3v) is 2.56. The summed E-state index contributed by atoms with van der Waals surface area (Å²) in [7, 11) is 0. The zero-order valence-electron chi connectivity index (χ0n) is 8.90. The van der Waals surface area contributed by atoms with Crippen LogP contribution in [0, 0.1) is 0 Å². The molecule has 0 aliphatic carbocycles. The Morgan fingerprint density at radius 3 is 2.75 bits per heavy atom. The fourth-order valence-corrected chi connectivity index (χ4v) is 1.66. The van der Waals surface area contributed by atoms with Gasteiger partial charge >= 0.3 is 0 Å². The number of hydrogen-bond acceptors (Lipinski definition) is 3. The van der Waals surface area contributed by atoms with E-state index in [2.05, 4.69) is 4.98 Å². The van der Waals surface area contributed by atoms with Crippen molar-refractivity contribution in [2.75, 3.05) is 0 Å². The zero-order valence-corrected chi connectivity index (χ0v) is 8.90. The van der Waals surface area contributed by atoms with E-state index in [9.17, 15) is 9.90 Å². The minimum absolute atomic E-state index is 0.0627. The Hall–Kier alpha value is -1.65. The van der Waals surface area contributed by atoms with Crippen molar-refractivity contribution in [2.24, 2.45) is 0 Å². The van der Waals surface area contributed by atoms with Gasteiger partial charge in [-0.2, -0.15) is 0 Å². The molecule has 0 saturated carbocycles. The number of H-pyrrole nitrogens is 1. The molecule has 16 heavy (non-hydrogen) atoms. The first-order chi connectivity index (χ1) is 7.61. The molecule has 0 radical (unpaired) electrons. The second kappa shape index (κ2) is 4.08. The number of fused-ring (bicyclic) bond motifs is 1. The summed E-state index contributed by atoms with van der Waals surface area (Å²) in [5, 5.41) is 19.7. The van der Waals surface area contributed by atoms with Crippen LogP contribution in [0.2, 0.25) is 0 Å².